The third kappa shape index (κ3) is 4.13. The van der Waals surface area contributed by atoms with E-state index < -0.39 is 6.10 Å². The van der Waals surface area contributed by atoms with Crippen LogP contribution in [0.4, 0.5) is 11.4 Å². The van der Waals surface area contributed by atoms with Gasteiger partial charge in [0.05, 0.1) is 5.69 Å². The summed E-state index contributed by atoms with van der Waals surface area (Å²) in [5.41, 5.74) is 1.55. The molecule has 2 heterocycles. The molecular formula is C20H19BrN2O5. The van der Waals surface area contributed by atoms with Crippen molar-refractivity contribution in [2.24, 2.45) is 0 Å². The molecule has 2 amide bonds. The van der Waals surface area contributed by atoms with Crippen LogP contribution in [0.25, 0.3) is 0 Å². The molecule has 7 nitrogen and oxygen atoms in total. The van der Waals surface area contributed by atoms with Crippen molar-refractivity contribution >= 4 is 39.1 Å². The molecule has 0 saturated carbocycles. The third-order valence-corrected chi connectivity index (χ3v) is 5.15. The maximum Gasteiger partial charge on any atom is 0.255 e. The Bertz CT molecular complexity index is 911. The molecule has 146 valence electrons. The van der Waals surface area contributed by atoms with Crippen molar-refractivity contribution in [3.05, 3.63) is 46.4 Å². The van der Waals surface area contributed by atoms with Crippen molar-refractivity contribution in [2.45, 2.75) is 18.9 Å². The molecule has 2 aliphatic heterocycles. The highest BCUT2D eigenvalue weighted by molar-refractivity contribution is 9.10. The number of fused-ring (bicyclic) bond motifs is 1. The molecule has 0 aliphatic carbocycles. The van der Waals surface area contributed by atoms with Gasteiger partial charge in [0, 0.05) is 34.5 Å². The fraction of sp³-hybridized carbons (Fsp3) is 0.300. The summed E-state index contributed by atoms with van der Waals surface area (Å²) in [6, 6.07) is 10.3. The molecule has 2 N–H and O–H groups in total. The van der Waals surface area contributed by atoms with Crippen LogP contribution in [0.15, 0.2) is 40.9 Å². The molecule has 0 aromatic heterocycles. The van der Waals surface area contributed by atoms with E-state index in [-0.39, 0.29) is 11.8 Å². The van der Waals surface area contributed by atoms with Gasteiger partial charge in [-0.25, -0.2) is 0 Å². The highest BCUT2D eigenvalue weighted by atomic mass is 79.9. The molecule has 4 rings (SSSR count). The Balaban J connectivity index is 1.47. The van der Waals surface area contributed by atoms with E-state index in [0.717, 1.165) is 6.42 Å². The van der Waals surface area contributed by atoms with Crippen LogP contribution in [0.1, 0.15) is 23.2 Å². The predicted octanol–water partition coefficient (Wildman–Crippen LogP) is 3.59. The fourth-order valence-electron chi connectivity index (χ4n) is 3.10. The molecule has 0 unspecified atom stereocenters. The number of ether oxygens (including phenoxy) is 3. The molecule has 1 saturated heterocycles. The summed E-state index contributed by atoms with van der Waals surface area (Å²) in [6.07, 6.45) is 1.17. The summed E-state index contributed by atoms with van der Waals surface area (Å²) in [5, 5.41) is 5.66. The first kappa shape index (κ1) is 18.8. The minimum atomic E-state index is -0.425. The summed E-state index contributed by atoms with van der Waals surface area (Å²) in [7, 11) is 0. The van der Waals surface area contributed by atoms with Crippen molar-refractivity contribution < 1.29 is 23.8 Å². The Hall–Kier alpha value is -2.58. The number of halogens is 1. The third-order valence-electron chi connectivity index (χ3n) is 4.49. The highest BCUT2D eigenvalue weighted by Gasteiger charge is 2.23. The van der Waals surface area contributed by atoms with Gasteiger partial charge in [-0.1, -0.05) is 6.07 Å². The standard InChI is InChI=1S/C20H19BrN2O5/c21-14-10-17-18(28-8-7-27-17)11-15(14)23-19(24)12-3-1-4-13(9-12)22-20(25)16-5-2-6-26-16/h1,3-4,9-11,16H,2,5-8H2,(H,22,25)(H,23,24)/t16-/m0/s1. The quantitative estimate of drug-likeness (QED) is 0.749. The van der Waals surface area contributed by atoms with Crippen molar-refractivity contribution in [3.8, 4) is 11.5 Å². The molecule has 2 aliphatic rings. The second-order valence-electron chi connectivity index (χ2n) is 6.50. The Morgan fingerprint density at radius 1 is 1.00 bits per heavy atom. The summed E-state index contributed by atoms with van der Waals surface area (Å²) >= 11 is 3.44. The zero-order chi connectivity index (χ0) is 19.5. The van der Waals surface area contributed by atoms with E-state index in [1.807, 2.05) is 0 Å². The lowest BCUT2D eigenvalue weighted by atomic mass is 10.1. The van der Waals surface area contributed by atoms with Crippen LogP contribution >= 0.6 is 15.9 Å². The molecule has 0 radical (unpaired) electrons. The van der Waals surface area contributed by atoms with Gasteiger partial charge in [0.1, 0.15) is 19.3 Å². The number of hydrogen-bond acceptors (Lipinski definition) is 5. The number of benzene rings is 2. The average Bonchev–Trinajstić information content (AvgIpc) is 3.24. The predicted molar refractivity (Wildman–Crippen MR) is 107 cm³/mol. The molecular weight excluding hydrogens is 428 g/mol. The van der Waals surface area contributed by atoms with Gasteiger partial charge in [-0.3, -0.25) is 9.59 Å². The van der Waals surface area contributed by atoms with Crippen molar-refractivity contribution in [3.63, 3.8) is 0 Å². The van der Waals surface area contributed by atoms with E-state index in [0.29, 0.717) is 59.2 Å². The Labute approximate surface area is 170 Å². The zero-order valence-electron chi connectivity index (χ0n) is 15.0. The first-order valence-electron chi connectivity index (χ1n) is 9.03. The molecule has 28 heavy (non-hydrogen) atoms. The van der Waals surface area contributed by atoms with Crippen LogP contribution in [-0.2, 0) is 9.53 Å². The monoisotopic (exact) mass is 446 g/mol. The number of anilines is 2. The number of amides is 2. The smallest absolute Gasteiger partial charge is 0.255 e. The van der Waals surface area contributed by atoms with Crippen LogP contribution in [0.3, 0.4) is 0 Å². The van der Waals surface area contributed by atoms with Crippen LogP contribution in [-0.4, -0.2) is 37.7 Å². The van der Waals surface area contributed by atoms with E-state index in [1.165, 1.54) is 0 Å². The van der Waals surface area contributed by atoms with Crippen LogP contribution in [0.5, 0.6) is 11.5 Å². The number of hydrogen-bond donors (Lipinski definition) is 2. The second-order valence-corrected chi connectivity index (χ2v) is 7.36. The topological polar surface area (TPSA) is 85.9 Å². The van der Waals surface area contributed by atoms with Gasteiger partial charge in [0.15, 0.2) is 11.5 Å². The molecule has 1 fully saturated rings. The van der Waals surface area contributed by atoms with Gasteiger partial charge in [-0.15, -0.1) is 0 Å². The highest BCUT2D eigenvalue weighted by Crippen LogP contribution is 2.38. The molecule has 1 atom stereocenters. The van der Waals surface area contributed by atoms with Gasteiger partial charge in [-0.05, 0) is 47.0 Å². The lowest BCUT2D eigenvalue weighted by Gasteiger charge is -2.20. The minimum absolute atomic E-state index is 0.190. The van der Waals surface area contributed by atoms with E-state index in [9.17, 15) is 9.59 Å². The van der Waals surface area contributed by atoms with Crippen molar-refractivity contribution in [1.29, 1.82) is 0 Å². The minimum Gasteiger partial charge on any atom is -0.486 e. The molecule has 8 heteroatoms. The van der Waals surface area contributed by atoms with Gasteiger partial charge in [-0.2, -0.15) is 0 Å². The number of carbonyl (C=O) groups excluding carboxylic acids is 2. The van der Waals surface area contributed by atoms with E-state index in [4.69, 9.17) is 14.2 Å². The normalized spacial score (nSPS) is 17.8. The van der Waals surface area contributed by atoms with Crippen LogP contribution in [0.2, 0.25) is 0 Å². The zero-order valence-corrected chi connectivity index (χ0v) is 16.6. The summed E-state index contributed by atoms with van der Waals surface area (Å²) in [6.45, 7) is 1.56. The summed E-state index contributed by atoms with van der Waals surface area (Å²) < 4.78 is 17.2. The first-order valence-corrected chi connectivity index (χ1v) is 9.82. The lowest BCUT2D eigenvalue weighted by molar-refractivity contribution is -0.124. The first-order chi connectivity index (χ1) is 13.6. The van der Waals surface area contributed by atoms with Gasteiger partial charge < -0.3 is 24.8 Å². The largest absolute Gasteiger partial charge is 0.486 e. The lowest BCUT2D eigenvalue weighted by Crippen LogP contribution is -2.27. The van der Waals surface area contributed by atoms with Crippen LogP contribution in [0, 0.1) is 0 Å². The fourth-order valence-corrected chi connectivity index (χ4v) is 3.52. The maximum atomic E-state index is 12.7. The van der Waals surface area contributed by atoms with Gasteiger partial charge >= 0.3 is 0 Å². The average molecular weight is 447 g/mol. The molecule has 0 bridgehead atoms. The van der Waals surface area contributed by atoms with E-state index >= 15 is 0 Å². The Kier molecular flexibility index (Phi) is 5.50. The van der Waals surface area contributed by atoms with Crippen molar-refractivity contribution in [1.82, 2.24) is 0 Å². The Morgan fingerprint density at radius 3 is 2.54 bits per heavy atom. The van der Waals surface area contributed by atoms with Gasteiger partial charge in [0.2, 0.25) is 0 Å². The maximum absolute atomic E-state index is 12.7. The van der Waals surface area contributed by atoms with E-state index in [1.54, 1.807) is 36.4 Å². The van der Waals surface area contributed by atoms with E-state index in [2.05, 4.69) is 26.6 Å². The number of nitrogens with one attached hydrogen (secondary N) is 2. The summed E-state index contributed by atoms with van der Waals surface area (Å²) in [4.78, 5) is 24.9. The van der Waals surface area contributed by atoms with Crippen molar-refractivity contribution in [2.75, 3.05) is 30.5 Å². The SMILES string of the molecule is O=C(Nc1cc2c(cc1Br)OCCO2)c1cccc(NC(=O)[C@@H]2CCCO2)c1. The molecule has 0 spiro atoms. The van der Waals surface area contributed by atoms with Gasteiger partial charge in [0.25, 0.3) is 11.8 Å². The second kappa shape index (κ2) is 8.20. The van der Waals surface area contributed by atoms with Crippen LogP contribution < -0.4 is 20.1 Å². The number of rotatable bonds is 4. The molecule has 2 aromatic rings. The summed E-state index contributed by atoms with van der Waals surface area (Å²) in [5.74, 6) is 0.729. The Morgan fingerprint density at radius 2 is 1.79 bits per heavy atom. The number of carbonyl (C=O) groups is 2. The molecule has 2 aromatic carbocycles.